The summed E-state index contributed by atoms with van der Waals surface area (Å²) in [5, 5.41) is 29.7. The summed E-state index contributed by atoms with van der Waals surface area (Å²) in [7, 11) is 0. The van der Waals surface area contributed by atoms with Gasteiger partial charge in [-0.3, -0.25) is 19.2 Å². The van der Waals surface area contributed by atoms with Gasteiger partial charge in [-0.2, -0.15) is 0 Å². The summed E-state index contributed by atoms with van der Waals surface area (Å²) in [6.45, 7) is 6.79. The fraction of sp³-hybridized carbons (Fsp3) is 0.636. The molecule has 1 unspecified atom stereocenters. The molecule has 0 aliphatic heterocycles. The van der Waals surface area contributed by atoms with Gasteiger partial charge in [-0.15, -0.1) is 0 Å². The Kier molecular flexibility index (Phi) is 39.3. The number of rotatable bonds is 1. The molecule has 0 aromatic heterocycles. The molecule has 0 amide bonds. The standard InChI is InChI=1S/C3H10N2.4C2H4O2/c1-3(5)2-4;4*1-2(3)4/h3H,2,4-5H2,1H3;4*1H3,(H,3,4). The zero-order valence-electron chi connectivity index (χ0n) is 12.9. The van der Waals surface area contributed by atoms with E-state index in [1.807, 2.05) is 6.92 Å². The minimum absolute atomic E-state index is 0.162. The zero-order valence-corrected chi connectivity index (χ0v) is 12.9. The van der Waals surface area contributed by atoms with Gasteiger partial charge in [0.2, 0.25) is 0 Å². The van der Waals surface area contributed by atoms with Crippen LogP contribution in [-0.2, 0) is 19.2 Å². The summed E-state index contributed by atoms with van der Waals surface area (Å²) in [6, 6.07) is 0.162. The van der Waals surface area contributed by atoms with E-state index in [1.165, 1.54) is 0 Å². The van der Waals surface area contributed by atoms with Crippen molar-refractivity contribution in [1.29, 1.82) is 0 Å². The third kappa shape index (κ3) is 111000. The van der Waals surface area contributed by atoms with Crippen LogP contribution in [0.4, 0.5) is 0 Å². The predicted molar refractivity (Wildman–Crippen MR) is 75.9 cm³/mol. The first-order valence-corrected chi connectivity index (χ1v) is 5.44. The van der Waals surface area contributed by atoms with E-state index < -0.39 is 23.9 Å². The van der Waals surface area contributed by atoms with Gasteiger partial charge in [-0.05, 0) is 6.92 Å². The second-order valence-electron chi connectivity index (χ2n) is 3.29. The van der Waals surface area contributed by atoms with Crippen molar-refractivity contribution in [1.82, 2.24) is 0 Å². The molecular formula is C11H26N2O8. The molecule has 0 aliphatic rings. The van der Waals surface area contributed by atoms with E-state index in [0.717, 1.165) is 27.7 Å². The molecule has 0 aromatic carbocycles. The summed E-state index contributed by atoms with van der Waals surface area (Å²) in [4.78, 5) is 36.0. The quantitative estimate of drug-likeness (QED) is 0.371. The molecule has 0 saturated carbocycles. The lowest BCUT2D eigenvalue weighted by molar-refractivity contribution is -0.135. The molecule has 0 spiro atoms. The molecule has 128 valence electrons. The third-order valence-corrected chi connectivity index (χ3v) is 0.372. The Morgan fingerprint density at radius 3 is 0.810 bits per heavy atom. The molecule has 10 heteroatoms. The highest BCUT2D eigenvalue weighted by atomic mass is 16.4. The number of hydrogen-bond acceptors (Lipinski definition) is 6. The molecule has 0 aromatic rings. The monoisotopic (exact) mass is 314 g/mol. The van der Waals surface area contributed by atoms with Gasteiger partial charge < -0.3 is 31.9 Å². The normalized spacial score (nSPS) is 8.33. The van der Waals surface area contributed by atoms with Crippen molar-refractivity contribution in [2.75, 3.05) is 6.54 Å². The zero-order chi connectivity index (χ0) is 18.6. The lowest BCUT2D eigenvalue weighted by atomic mass is 10.4. The van der Waals surface area contributed by atoms with E-state index in [1.54, 1.807) is 0 Å². The fourth-order valence-electron chi connectivity index (χ4n) is 0. The molecule has 0 fully saturated rings. The largest absolute Gasteiger partial charge is 0.481 e. The number of carbonyl (C=O) groups is 4. The average molecular weight is 314 g/mol. The van der Waals surface area contributed by atoms with Gasteiger partial charge in [0.05, 0.1) is 0 Å². The van der Waals surface area contributed by atoms with Crippen LogP contribution in [0.15, 0.2) is 0 Å². The van der Waals surface area contributed by atoms with E-state index in [2.05, 4.69) is 0 Å². The van der Waals surface area contributed by atoms with Crippen LogP contribution in [0.2, 0.25) is 0 Å². The predicted octanol–water partition coefficient (Wildman–Crippen LogP) is -0.344. The van der Waals surface area contributed by atoms with Gasteiger partial charge in [0, 0.05) is 40.3 Å². The first-order valence-electron chi connectivity index (χ1n) is 5.44. The minimum atomic E-state index is -0.833. The Morgan fingerprint density at radius 1 is 0.762 bits per heavy atom. The number of hydrogen-bond donors (Lipinski definition) is 6. The van der Waals surface area contributed by atoms with Gasteiger partial charge in [0.15, 0.2) is 0 Å². The summed E-state index contributed by atoms with van der Waals surface area (Å²) in [5.74, 6) is -3.33. The van der Waals surface area contributed by atoms with E-state index >= 15 is 0 Å². The summed E-state index contributed by atoms with van der Waals surface area (Å²) < 4.78 is 0. The highest BCUT2D eigenvalue weighted by Gasteiger charge is 1.79. The Hall–Kier alpha value is -2.20. The van der Waals surface area contributed by atoms with E-state index in [4.69, 9.17) is 51.1 Å². The SMILES string of the molecule is CC(=O)O.CC(=O)O.CC(=O)O.CC(=O)O.CC(N)CN. The van der Waals surface area contributed by atoms with Crippen LogP contribution in [0.5, 0.6) is 0 Å². The number of aliphatic carboxylic acids is 4. The van der Waals surface area contributed by atoms with Crippen molar-refractivity contribution < 1.29 is 39.6 Å². The molecule has 21 heavy (non-hydrogen) atoms. The number of carboxylic acids is 4. The highest BCUT2D eigenvalue weighted by Crippen LogP contribution is 1.59. The van der Waals surface area contributed by atoms with E-state index in [-0.39, 0.29) is 6.04 Å². The van der Waals surface area contributed by atoms with Crippen LogP contribution in [0.3, 0.4) is 0 Å². The van der Waals surface area contributed by atoms with Crippen molar-refractivity contribution >= 4 is 23.9 Å². The highest BCUT2D eigenvalue weighted by molar-refractivity contribution is 5.63. The number of carboxylic acid groups (broad SMARTS) is 4. The molecular weight excluding hydrogens is 288 g/mol. The lowest BCUT2D eigenvalue weighted by Crippen LogP contribution is -2.25. The first-order chi connectivity index (χ1) is 9.20. The third-order valence-electron chi connectivity index (χ3n) is 0.372. The van der Waals surface area contributed by atoms with Crippen LogP contribution in [0, 0.1) is 0 Å². The smallest absolute Gasteiger partial charge is 0.300 e. The maximum atomic E-state index is 9.00. The molecule has 0 rings (SSSR count). The van der Waals surface area contributed by atoms with Crippen LogP contribution in [-0.4, -0.2) is 56.9 Å². The van der Waals surface area contributed by atoms with Crippen molar-refractivity contribution in [2.24, 2.45) is 11.5 Å². The summed E-state index contributed by atoms with van der Waals surface area (Å²) in [5.41, 5.74) is 10.2. The first kappa shape index (κ1) is 31.3. The Morgan fingerprint density at radius 2 is 0.810 bits per heavy atom. The molecule has 0 bridgehead atoms. The second kappa shape index (κ2) is 26.4. The number of nitrogens with two attached hydrogens (primary N) is 2. The van der Waals surface area contributed by atoms with Gasteiger partial charge in [0.25, 0.3) is 23.9 Å². The van der Waals surface area contributed by atoms with Crippen molar-refractivity contribution in [2.45, 2.75) is 40.7 Å². The molecule has 0 heterocycles. The second-order valence-corrected chi connectivity index (χ2v) is 3.29. The summed E-state index contributed by atoms with van der Waals surface area (Å²) in [6.07, 6.45) is 0. The van der Waals surface area contributed by atoms with Crippen molar-refractivity contribution in [3.05, 3.63) is 0 Å². The van der Waals surface area contributed by atoms with Crippen LogP contribution in [0.25, 0.3) is 0 Å². The van der Waals surface area contributed by atoms with Crippen LogP contribution < -0.4 is 11.5 Å². The van der Waals surface area contributed by atoms with Crippen molar-refractivity contribution in [3.63, 3.8) is 0 Å². The van der Waals surface area contributed by atoms with E-state index in [9.17, 15) is 0 Å². The molecule has 0 aliphatic carbocycles. The van der Waals surface area contributed by atoms with E-state index in [0.29, 0.717) is 6.54 Å². The Bertz CT molecular complexity index is 215. The van der Waals surface area contributed by atoms with Crippen molar-refractivity contribution in [3.8, 4) is 0 Å². The lowest BCUT2D eigenvalue weighted by Gasteiger charge is -1.92. The topological polar surface area (TPSA) is 201 Å². The van der Waals surface area contributed by atoms with Gasteiger partial charge in [-0.1, -0.05) is 0 Å². The minimum Gasteiger partial charge on any atom is -0.481 e. The molecule has 10 nitrogen and oxygen atoms in total. The van der Waals surface area contributed by atoms with Crippen LogP contribution in [0.1, 0.15) is 34.6 Å². The summed E-state index contributed by atoms with van der Waals surface area (Å²) >= 11 is 0. The fourth-order valence-corrected chi connectivity index (χ4v) is 0. The molecule has 1 atom stereocenters. The Labute approximate surface area is 123 Å². The molecule has 8 N–H and O–H groups in total. The van der Waals surface area contributed by atoms with Gasteiger partial charge >= 0.3 is 0 Å². The maximum absolute atomic E-state index is 9.00. The van der Waals surface area contributed by atoms with Crippen LogP contribution >= 0.6 is 0 Å². The average Bonchev–Trinajstić information content (AvgIpc) is 2.13. The molecule has 0 saturated heterocycles. The molecule has 0 radical (unpaired) electrons. The Balaban J connectivity index is -0.0000000510. The maximum Gasteiger partial charge on any atom is 0.300 e. The van der Waals surface area contributed by atoms with Gasteiger partial charge in [0.1, 0.15) is 0 Å². The van der Waals surface area contributed by atoms with Gasteiger partial charge in [-0.25, -0.2) is 0 Å².